The van der Waals surface area contributed by atoms with Crippen molar-refractivity contribution in [3.63, 3.8) is 0 Å². The molecule has 4 N–H and O–H groups in total. The lowest BCUT2D eigenvalue weighted by atomic mass is 10.1. The van der Waals surface area contributed by atoms with Gasteiger partial charge in [-0.3, -0.25) is 9.59 Å². The van der Waals surface area contributed by atoms with E-state index in [2.05, 4.69) is 5.32 Å². The van der Waals surface area contributed by atoms with Crippen molar-refractivity contribution in [2.45, 2.75) is 12.5 Å². The van der Waals surface area contributed by atoms with Gasteiger partial charge in [0.1, 0.15) is 11.8 Å². The average molecular weight is 370 g/mol. The molecular weight excluding hydrogens is 356 g/mol. The van der Waals surface area contributed by atoms with E-state index in [4.69, 9.17) is 10.2 Å². The fourth-order valence-electron chi connectivity index (χ4n) is 2.79. The highest BCUT2D eigenvalue weighted by Gasteiger charge is 2.40. The van der Waals surface area contributed by atoms with E-state index in [1.54, 1.807) is 12.1 Å². The number of carboxylic acids is 2. The van der Waals surface area contributed by atoms with Crippen molar-refractivity contribution in [2.24, 2.45) is 0 Å². The summed E-state index contributed by atoms with van der Waals surface area (Å²) >= 11 is 0. The number of aromatic hydroxyl groups is 1. The molecule has 2 amide bonds. The Morgan fingerprint density at radius 3 is 2.15 bits per heavy atom. The summed E-state index contributed by atoms with van der Waals surface area (Å²) < 4.78 is 0. The predicted octanol–water partition coefficient (Wildman–Crippen LogP) is 1.53. The number of nitrogens with one attached hydrogen (secondary N) is 1. The van der Waals surface area contributed by atoms with Crippen LogP contribution in [-0.2, 0) is 9.59 Å². The molecular formula is C18H14N2O7. The predicted molar refractivity (Wildman–Crippen MR) is 93.0 cm³/mol. The molecule has 0 spiro atoms. The van der Waals surface area contributed by atoms with Crippen molar-refractivity contribution < 1.29 is 34.5 Å². The number of carboxylic acid groups (broad SMARTS) is 2. The number of para-hydroxylation sites is 2. The fraction of sp³-hybridized carbons (Fsp3) is 0.111. The molecule has 1 aliphatic rings. The number of rotatable bonds is 5. The Bertz CT molecular complexity index is 938. The van der Waals surface area contributed by atoms with E-state index < -0.39 is 29.8 Å². The highest BCUT2D eigenvalue weighted by atomic mass is 16.4. The third-order valence-corrected chi connectivity index (χ3v) is 4.05. The third-order valence-electron chi connectivity index (χ3n) is 4.05. The zero-order valence-corrected chi connectivity index (χ0v) is 13.7. The van der Waals surface area contributed by atoms with Crippen molar-refractivity contribution in [3.8, 4) is 5.75 Å². The van der Waals surface area contributed by atoms with Gasteiger partial charge in [-0.15, -0.1) is 0 Å². The summed E-state index contributed by atoms with van der Waals surface area (Å²) in [5, 5.41) is 30.9. The third kappa shape index (κ3) is 3.43. The Labute approximate surface area is 152 Å². The summed E-state index contributed by atoms with van der Waals surface area (Å²) in [6.07, 6.45) is -0.229. The van der Waals surface area contributed by atoms with Gasteiger partial charge in [-0.25, -0.2) is 14.5 Å². The number of carbonyl (C=O) groups is 4. The number of hydrogen-bond donors (Lipinski definition) is 4. The van der Waals surface area contributed by atoms with Gasteiger partial charge in [0.15, 0.2) is 0 Å². The van der Waals surface area contributed by atoms with Crippen LogP contribution in [0.2, 0.25) is 0 Å². The topological polar surface area (TPSA) is 144 Å². The van der Waals surface area contributed by atoms with Gasteiger partial charge in [-0.1, -0.05) is 12.1 Å². The minimum absolute atomic E-state index is 0.0998. The minimum Gasteiger partial charge on any atom is -0.506 e. The van der Waals surface area contributed by atoms with E-state index in [9.17, 15) is 24.3 Å². The number of aromatic carboxylic acids is 2. The molecule has 1 atom stereocenters. The van der Waals surface area contributed by atoms with Gasteiger partial charge in [-0.05, 0) is 30.3 Å². The van der Waals surface area contributed by atoms with Crippen LogP contribution in [-0.4, -0.2) is 45.1 Å². The largest absolute Gasteiger partial charge is 0.506 e. The molecule has 1 heterocycles. The van der Waals surface area contributed by atoms with E-state index in [0.29, 0.717) is 0 Å². The zero-order chi connectivity index (χ0) is 19.7. The monoisotopic (exact) mass is 370 g/mol. The molecule has 27 heavy (non-hydrogen) atoms. The summed E-state index contributed by atoms with van der Waals surface area (Å²) in [4.78, 5) is 48.2. The number of anilines is 2. The minimum atomic E-state index is -1.39. The maximum Gasteiger partial charge on any atom is 0.335 e. The molecule has 138 valence electrons. The second-order valence-corrected chi connectivity index (χ2v) is 5.86. The fourth-order valence-corrected chi connectivity index (χ4v) is 2.79. The van der Waals surface area contributed by atoms with Gasteiger partial charge >= 0.3 is 11.9 Å². The Balaban J connectivity index is 1.94. The van der Waals surface area contributed by atoms with Gasteiger partial charge in [0.25, 0.3) is 5.91 Å². The van der Waals surface area contributed by atoms with Gasteiger partial charge in [0, 0.05) is 0 Å². The maximum atomic E-state index is 12.7. The van der Waals surface area contributed by atoms with Crippen molar-refractivity contribution in [1.82, 2.24) is 0 Å². The number of benzene rings is 2. The first kappa shape index (κ1) is 17.9. The zero-order valence-electron chi connectivity index (χ0n) is 13.7. The van der Waals surface area contributed by atoms with E-state index in [1.165, 1.54) is 12.1 Å². The number of carbonyl (C=O) groups excluding carboxylic acids is 2. The average Bonchev–Trinajstić information content (AvgIpc) is 2.90. The summed E-state index contributed by atoms with van der Waals surface area (Å²) in [5.41, 5.74) is -0.592. The van der Waals surface area contributed by atoms with E-state index in [1.807, 2.05) is 0 Å². The van der Waals surface area contributed by atoms with E-state index >= 15 is 0 Å². The van der Waals surface area contributed by atoms with Crippen molar-refractivity contribution >= 4 is 35.1 Å². The maximum absolute atomic E-state index is 12.7. The van der Waals surface area contributed by atoms with Crippen LogP contribution in [0.4, 0.5) is 11.4 Å². The van der Waals surface area contributed by atoms with Gasteiger partial charge in [0.2, 0.25) is 5.91 Å². The number of amides is 2. The molecule has 9 nitrogen and oxygen atoms in total. The second-order valence-electron chi connectivity index (χ2n) is 5.86. The second kappa shape index (κ2) is 6.79. The summed E-state index contributed by atoms with van der Waals surface area (Å²) in [6, 6.07) is 8.26. The lowest BCUT2D eigenvalue weighted by Gasteiger charge is -2.17. The van der Waals surface area contributed by atoms with Crippen LogP contribution in [0, 0.1) is 0 Å². The van der Waals surface area contributed by atoms with E-state index in [0.717, 1.165) is 23.1 Å². The number of imide groups is 1. The Hall–Kier alpha value is -3.88. The molecule has 1 fully saturated rings. The van der Waals surface area contributed by atoms with Crippen LogP contribution in [0.1, 0.15) is 27.1 Å². The first-order valence-corrected chi connectivity index (χ1v) is 7.81. The molecule has 0 radical (unpaired) electrons. The lowest BCUT2D eigenvalue weighted by Crippen LogP contribution is -2.35. The van der Waals surface area contributed by atoms with Crippen molar-refractivity contribution in [1.29, 1.82) is 0 Å². The van der Waals surface area contributed by atoms with Gasteiger partial charge < -0.3 is 20.6 Å². The van der Waals surface area contributed by atoms with Gasteiger partial charge in [-0.2, -0.15) is 0 Å². The lowest BCUT2D eigenvalue weighted by molar-refractivity contribution is -0.121. The summed E-state index contributed by atoms with van der Waals surface area (Å²) in [6.45, 7) is 0. The standard InChI is InChI=1S/C18H14N2O7/c21-14-4-2-1-3-12(14)19-13-8-15(22)20(16(13)23)11-6-9(17(24)25)5-10(7-11)18(26)27/h1-7,13,19,21H,8H2,(H,24,25)(H,26,27). The van der Waals surface area contributed by atoms with Crippen LogP contribution in [0.3, 0.4) is 0 Å². The molecule has 2 aromatic rings. The molecule has 3 rings (SSSR count). The normalized spacial score (nSPS) is 16.4. The first-order chi connectivity index (χ1) is 12.8. The Morgan fingerprint density at radius 2 is 1.59 bits per heavy atom. The van der Waals surface area contributed by atoms with Crippen LogP contribution in [0.25, 0.3) is 0 Å². The van der Waals surface area contributed by atoms with Crippen LogP contribution in [0.15, 0.2) is 42.5 Å². The quantitative estimate of drug-likeness (QED) is 0.458. The molecule has 0 saturated carbocycles. The molecule has 0 aromatic heterocycles. The number of phenolic OH excluding ortho intramolecular Hbond substituents is 1. The summed E-state index contributed by atoms with van der Waals surface area (Å²) in [5.74, 6) is -4.17. The molecule has 1 saturated heterocycles. The smallest absolute Gasteiger partial charge is 0.335 e. The molecule has 1 unspecified atom stereocenters. The SMILES string of the molecule is O=C(O)c1cc(C(=O)O)cc(N2C(=O)CC(Nc3ccccc3O)C2=O)c1. The highest BCUT2D eigenvalue weighted by molar-refractivity contribution is 6.23. The van der Waals surface area contributed by atoms with Crippen molar-refractivity contribution in [3.05, 3.63) is 53.6 Å². The van der Waals surface area contributed by atoms with Crippen molar-refractivity contribution in [2.75, 3.05) is 10.2 Å². The Kier molecular flexibility index (Phi) is 4.51. The summed E-state index contributed by atoms with van der Waals surface area (Å²) in [7, 11) is 0. The molecule has 1 aliphatic heterocycles. The molecule has 0 aliphatic carbocycles. The van der Waals surface area contributed by atoms with E-state index in [-0.39, 0.29) is 34.7 Å². The Morgan fingerprint density at radius 1 is 1.00 bits per heavy atom. The number of hydrogen-bond acceptors (Lipinski definition) is 6. The van der Waals surface area contributed by atoms with Crippen LogP contribution >= 0.6 is 0 Å². The molecule has 2 aromatic carbocycles. The molecule has 9 heteroatoms. The van der Waals surface area contributed by atoms with Crippen LogP contribution < -0.4 is 10.2 Å². The molecule has 0 bridgehead atoms. The van der Waals surface area contributed by atoms with Crippen LogP contribution in [0.5, 0.6) is 5.75 Å². The number of phenols is 1. The first-order valence-electron chi connectivity index (χ1n) is 7.81. The number of nitrogens with zero attached hydrogens (tertiary/aromatic N) is 1. The van der Waals surface area contributed by atoms with Gasteiger partial charge in [0.05, 0.1) is 28.9 Å². The highest BCUT2D eigenvalue weighted by Crippen LogP contribution is 2.29.